The first-order valence-corrected chi connectivity index (χ1v) is 8.64. The van der Waals surface area contributed by atoms with Gasteiger partial charge >= 0.3 is 6.03 Å². The number of anilines is 1. The van der Waals surface area contributed by atoms with Crippen LogP contribution < -0.4 is 10.0 Å². The lowest BCUT2D eigenvalue weighted by Gasteiger charge is -2.11. The molecule has 0 fully saturated rings. The zero-order valence-electron chi connectivity index (χ0n) is 12.6. The van der Waals surface area contributed by atoms with E-state index in [4.69, 9.17) is 0 Å². The number of nitrogens with zero attached hydrogens (tertiary/aromatic N) is 1. The number of sulfonamides is 1. The summed E-state index contributed by atoms with van der Waals surface area (Å²) in [6.45, 7) is 0. The van der Waals surface area contributed by atoms with Gasteiger partial charge in [0.05, 0.1) is 4.90 Å². The molecule has 0 unspecified atom stereocenters. The Morgan fingerprint density at radius 1 is 1.00 bits per heavy atom. The standard InChI is InChI=1S/C15H15N3O4S2/c1-18(23)15(20)16-12-7-9-13(10-8-12)24(21,22)17-14(19)11-5-3-2-4-6-11/h2-10,23H,1H3,(H,16,20)(H,17,19). The van der Waals surface area contributed by atoms with Gasteiger partial charge in [-0.05, 0) is 36.4 Å². The van der Waals surface area contributed by atoms with Crippen LogP contribution in [-0.4, -0.2) is 31.7 Å². The maximum Gasteiger partial charge on any atom is 0.331 e. The Morgan fingerprint density at radius 2 is 1.58 bits per heavy atom. The highest BCUT2D eigenvalue weighted by atomic mass is 32.2. The van der Waals surface area contributed by atoms with E-state index in [1.165, 1.54) is 43.4 Å². The maximum absolute atomic E-state index is 12.2. The summed E-state index contributed by atoms with van der Waals surface area (Å²) < 4.78 is 27.5. The zero-order chi connectivity index (χ0) is 17.7. The fourth-order valence-electron chi connectivity index (χ4n) is 1.75. The van der Waals surface area contributed by atoms with Gasteiger partial charge in [0.1, 0.15) is 0 Å². The van der Waals surface area contributed by atoms with Crippen molar-refractivity contribution >= 4 is 40.5 Å². The summed E-state index contributed by atoms with van der Waals surface area (Å²) in [5.41, 5.74) is 0.635. The van der Waals surface area contributed by atoms with Gasteiger partial charge in [0.15, 0.2) is 0 Å². The number of nitrogens with one attached hydrogen (secondary N) is 2. The highest BCUT2D eigenvalue weighted by molar-refractivity contribution is 7.90. The van der Waals surface area contributed by atoms with E-state index in [9.17, 15) is 18.0 Å². The highest BCUT2D eigenvalue weighted by Gasteiger charge is 2.18. The van der Waals surface area contributed by atoms with Crippen LogP contribution in [-0.2, 0) is 10.0 Å². The maximum atomic E-state index is 12.2. The number of urea groups is 1. The Labute approximate surface area is 145 Å². The van der Waals surface area contributed by atoms with Gasteiger partial charge in [-0.2, -0.15) is 0 Å². The van der Waals surface area contributed by atoms with Gasteiger partial charge in [0.25, 0.3) is 15.9 Å². The fraction of sp³-hybridized carbons (Fsp3) is 0.0667. The third-order valence-electron chi connectivity index (χ3n) is 2.97. The van der Waals surface area contributed by atoms with E-state index in [0.717, 1.165) is 4.31 Å². The Bertz CT molecular complexity index is 835. The molecular weight excluding hydrogens is 350 g/mol. The van der Waals surface area contributed by atoms with Crippen LogP contribution in [0.15, 0.2) is 59.5 Å². The Kier molecular flexibility index (Phi) is 5.47. The minimum Gasteiger partial charge on any atom is -0.307 e. The molecule has 24 heavy (non-hydrogen) atoms. The molecule has 9 heteroatoms. The van der Waals surface area contributed by atoms with Gasteiger partial charge in [-0.1, -0.05) is 31.0 Å². The summed E-state index contributed by atoms with van der Waals surface area (Å²) in [7, 11) is -2.55. The Balaban J connectivity index is 2.12. The quantitative estimate of drug-likeness (QED) is 0.723. The number of benzene rings is 2. The second-order valence-corrected chi connectivity index (χ2v) is 7.06. The molecule has 0 bridgehead atoms. The molecule has 2 rings (SSSR count). The van der Waals surface area contributed by atoms with Crippen molar-refractivity contribution in [2.24, 2.45) is 0 Å². The summed E-state index contributed by atoms with van der Waals surface area (Å²) in [6.07, 6.45) is 0. The number of carbonyl (C=O) groups is 2. The molecule has 3 amide bonds. The summed E-state index contributed by atoms with van der Waals surface area (Å²) >= 11 is 3.84. The van der Waals surface area contributed by atoms with E-state index in [1.807, 2.05) is 4.72 Å². The monoisotopic (exact) mass is 365 g/mol. The van der Waals surface area contributed by atoms with Gasteiger partial charge in [-0.15, -0.1) is 0 Å². The van der Waals surface area contributed by atoms with Crippen LogP contribution in [0.4, 0.5) is 10.5 Å². The number of rotatable bonds is 4. The zero-order valence-corrected chi connectivity index (χ0v) is 14.3. The second kappa shape index (κ2) is 7.37. The molecule has 0 saturated carbocycles. The van der Waals surface area contributed by atoms with Crippen LogP contribution in [0.1, 0.15) is 10.4 Å². The van der Waals surface area contributed by atoms with E-state index in [0.29, 0.717) is 5.69 Å². The fourth-order valence-corrected chi connectivity index (χ4v) is 2.78. The summed E-state index contributed by atoms with van der Waals surface area (Å²) in [5.74, 6) is -0.718. The van der Waals surface area contributed by atoms with Gasteiger partial charge in [-0.3, -0.25) is 9.10 Å². The second-order valence-electron chi connectivity index (χ2n) is 4.78. The lowest BCUT2D eigenvalue weighted by molar-refractivity contribution is 0.0981. The molecule has 0 atom stereocenters. The smallest absolute Gasteiger partial charge is 0.307 e. The number of hydrogen-bond donors (Lipinski definition) is 3. The number of thiol groups is 1. The van der Waals surface area contributed by atoms with Crippen molar-refractivity contribution in [1.82, 2.24) is 9.03 Å². The van der Waals surface area contributed by atoms with Crippen LogP contribution >= 0.6 is 12.8 Å². The number of carbonyl (C=O) groups excluding carboxylic acids is 2. The molecule has 0 aliphatic heterocycles. The molecule has 0 aliphatic carbocycles. The van der Waals surface area contributed by atoms with Crippen molar-refractivity contribution < 1.29 is 18.0 Å². The van der Waals surface area contributed by atoms with Crippen molar-refractivity contribution in [1.29, 1.82) is 0 Å². The Hall–Kier alpha value is -2.52. The van der Waals surface area contributed by atoms with Crippen LogP contribution in [0.25, 0.3) is 0 Å². The minimum atomic E-state index is -4.01. The van der Waals surface area contributed by atoms with Crippen LogP contribution in [0.3, 0.4) is 0 Å². The van der Waals surface area contributed by atoms with Crippen molar-refractivity contribution in [3.05, 3.63) is 60.2 Å². The van der Waals surface area contributed by atoms with Crippen molar-refractivity contribution in [3.8, 4) is 0 Å². The first-order valence-electron chi connectivity index (χ1n) is 6.75. The topological polar surface area (TPSA) is 95.6 Å². The number of hydrogen-bond acceptors (Lipinski definition) is 5. The average Bonchev–Trinajstić information content (AvgIpc) is 2.55. The first kappa shape index (κ1) is 17.8. The predicted octanol–water partition coefficient (Wildman–Crippen LogP) is 2.11. The van der Waals surface area contributed by atoms with E-state index in [1.54, 1.807) is 18.2 Å². The molecule has 0 aromatic heterocycles. The molecule has 7 nitrogen and oxygen atoms in total. The summed E-state index contributed by atoms with van der Waals surface area (Å²) in [4.78, 5) is 23.3. The molecule has 2 N–H and O–H groups in total. The molecule has 0 heterocycles. The Morgan fingerprint density at radius 3 is 2.12 bits per heavy atom. The van der Waals surface area contributed by atoms with Gasteiger partial charge in [-0.25, -0.2) is 17.9 Å². The number of amides is 3. The van der Waals surface area contributed by atoms with E-state index >= 15 is 0 Å². The first-order chi connectivity index (χ1) is 11.3. The highest BCUT2D eigenvalue weighted by Crippen LogP contribution is 2.15. The molecule has 126 valence electrons. The lowest BCUT2D eigenvalue weighted by atomic mass is 10.2. The van der Waals surface area contributed by atoms with Gasteiger partial charge in [0.2, 0.25) is 0 Å². The normalized spacial score (nSPS) is 10.8. The summed E-state index contributed by atoms with van der Waals surface area (Å²) in [6, 6.07) is 13.0. The molecule has 2 aromatic carbocycles. The molecule has 0 aliphatic rings. The van der Waals surface area contributed by atoms with Crippen LogP contribution in [0.2, 0.25) is 0 Å². The average molecular weight is 365 g/mol. The van der Waals surface area contributed by atoms with Gasteiger partial charge in [0, 0.05) is 18.3 Å². The minimum absolute atomic E-state index is 0.0935. The van der Waals surface area contributed by atoms with Crippen molar-refractivity contribution in [2.75, 3.05) is 12.4 Å². The van der Waals surface area contributed by atoms with Crippen LogP contribution in [0, 0.1) is 0 Å². The lowest BCUT2D eigenvalue weighted by Crippen LogP contribution is -2.30. The van der Waals surface area contributed by atoms with E-state index < -0.39 is 22.0 Å². The largest absolute Gasteiger partial charge is 0.331 e. The predicted molar refractivity (Wildman–Crippen MR) is 93.3 cm³/mol. The third-order valence-corrected chi connectivity index (χ3v) is 4.50. The van der Waals surface area contributed by atoms with Gasteiger partial charge < -0.3 is 5.32 Å². The molecule has 0 spiro atoms. The summed E-state index contributed by atoms with van der Waals surface area (Å²) in [5, 5.41) is 2.52. The van der Waals surface area contributed by atoms with Crippen molar-refractivity contribution in [2.45, 2.75) is 4.90 Å². The third kappa shape index (κ3) is 4.49. The van der Waals surface area contributed by atoms with E-state index in [-0.39, 0.29) is 10.5 Å². The van der Waals surface area contributed by atoms with Crippen molar-refractivity contribution in [3.63, 3.8) is 0 Å². The van der Waals surface area contributed by atoms with E-state index in [2.05, 4.69) is 18.1 Å². The SMILES string of the molecule is CN(S)C(=O)Nc1ccc(S(=O)(=O)NC(=O)c2ccccc2)cc1. The molecule has 0 saturated heterocycles. The molecular formula is C15H15N3O4S2. The molecule has 0 radical (unpaired) electrons. The van der Waals surface area contributed by atoms with Crippen LogP contribution in [0.5, 0.6) is 0 Å². The molecule has 2 aromatic rings.